The number of benzene rings is 1. The van der Waals surface area contributed by atoms with Crippen molar-refractivity contribution >= 4 is 23.2 Å². The lowest BCUT2D eigenvalue weighted by atomic mass is 10.3. The van der Waals surface area contributed by atoms with Crippen LogP contribution in [0, 0.1) is 0 Å². The van der Waals surface area contributed by atoms with Crippen LogP contribution < -0.4 is 4.74 Å². The smallest absolute Gasteiger partial charge is 0.138 e. The molecule has 5 heteroatoms. The largest absolute Gasteiger partial charge is 0.489 e. The Balaban J connectivity index is 2.50. The predicted molar refractivity (Wildman–Crippen MR) is 59.8 cm³/mol. The molecule has 0 aromatic heterocycles. The summed E-state index contributed by atoms with van der Waals surface area (Å²) in [5.41, 5.74) is 0. The molecule has 1 rings (SSSR count). The summed E-state index contributed by atoms with van der Waals surface area (Å²) in [4.78, 5) is 0. The Bertz CT molecular complexity index is 318. The second kappa shape index (κ2) is 6.18. The molecule has 1 atom stereocenters. The molecule has 84 valence electrons. The van der Waals surface area contributed by atoms with Crippen LogP contribution in [0.15, 0.2) is 18.2 Å². The summed E-state index contributed by atoms with van der Waals surface area (Å²) >= 11 is 11.6. The molecule has 0 saturated heterocycles. The van der Waals surface area contributed by atoms with E-state index in [2.05, 4.69) is 0 Å². The van der Waals surface area contributed by atoms with Gasteiger partial charge in [0.05, 0.1) is 11.6 Å². The summed E-state index contributed by atoms with van der Waals surface area (Å²) in [6.45, 7) is 0.362. The quantitative estimate of drug-likeness (QED) is 0.873. The topological polar surface area (TPSA) is 38.7 Å². The number of hydrogen-bond acceptors (Lipinski definition) is 3. The lowest BCUT2D eigenvalue weighted by Gasteiger charge is -2.12. The SMILES string of the molecule is COCC(O)COc1ccc(Cl)cc1Cl. The Morgan fingerprint density at radius 1 is 1.33 bits per heavy atom. The standard InChI is InChI=1S/C10H12Cl2O3/c1-14-5-8(13)6-15-10-3-2-7(11)4-9(10)12/h2-4,8,13H,5-6H2,1H3. The number of ether oxygens (including phenoxy) is 2. The first-order valence-electron chi connectivity index (χ1n) is 4.38. The van der Waals surface area contributed by atoms with Gasteiger partial charge in [0, 0.05) is 12.1 Å². The first-order valence-corrected chi connectivity index (χ1v) is 5.14. The van der Waals surface area contributed by atoms with E-state index in [0.717, 1.165) is 0 Å². The van der Waals surface area contributed by atoms with Gasteiger partial charge in [-0.15, -0.1) is 0 Å². The Morgan fingerprint density at radius 3 is 2.67 bits per heavy atom. The van der Waals surface area contributed by atoms with Gasteiger partial charge in [-0.1, -0.05) is 23.2 Å². The molecule has 0 heterocycles. The van der Waals surface area contributed by atoms with Gasteiger partial charge >= 0.3 is 0 Å². The van der Waals surface area contributed by atoms with Crippen LogP contribution >= 0.6 is 23.2 Å². The summed E-state index contributed by atoms with van der Waals surface area (Å²) in [5, 5.41) is 10.3. The van der Waals surface area contributed by atoms with Crippen LogP contribution in [-0.2, 0) is 4.74 Å². The second-order valence-corrected chi connectivity index (χ2v) is 3.84. The van der Waals surface area contributed by atoms with Crippen LogP contribution in [0.1, 0.15) is 0 Å². The lowest BCUT2D eigenvalue weighted by molar-refractivity contribution is 0.0326. The second-order valence-electron chi connectivity index (χ2n) is 2.99. The van der Waals surface area contributed by atoms with E-state index in [1.54, 1.807) is 18.2 Å². The highest BCUT2D eigenvalue weighted by Crippen LogP contribution is 2.27. The van der Waals surface area contributed by atoms with Gasteiger partial charge in [-0.2, -0.15) is 0 Å². The average molecular weight is 251 g/mol. The van der Waals surface area contributed by atoms with E-state index < -0.39 is 6.10 Å². The molecule has 0 aliphatic rings. The van der Waals surface area contributed by atoms with Gasteiger partial charge in [0.2, 0.25) is 0 Å². The molecule has 0 amide bonds. The monoisotopic (exact) mass is 250 g/mol. The average Bonchev–Trinajstić information content (AvgIpc) is 2.17. The minimum Gasteiger partial charge on any atom is -0.489 e. The van der Waals surface area contributed by atoms with Crippen molar-refractivity contribution in [1.82, 2.24) is 0 Å². The highest BCUT2D eigenvalue weighted by molar-refractivity contribution is 6.35. The third-order valence-corrected chi connectivity index (χ3v) is 2.21. The van der Waals surface area contributed by atoms with Gasteiger partial charge in [0.15, 0.2) is 0 Å². The fourth-order valence-electron chi connectivity index (χ4n) is 1.02. The molecule has 0 saturated carbocycles. The van der Waals surface area contributed by atoms with Gasteiger partial charge < -0.3 is 14.6 Å². The normalized spacial score (nSPS) is 12.5. The molecule has 3 nitrogen and oxygen atoms in total. The molecule has 0 spiro atoms. The number of aliphatic hydroxyl groups is 1. The molecular formula is C10H12Cl2O3. The highest BCUT2D eigenvalue weighted by atomic mass is 35.5. The van der Waals surface area contributed by atoms with Crippen molar-refractivity contribution in [2.24, 2.45) is 0 Å². The van der Waals surface area contributed by atoms with Crippen molar-refractivity contribution in [3.63, 3.8) is 0 Å². The van der Waals surface area contributed by atoms with E-state index >= 15 is 0 Å². The molecule has 0 fully saturated rings. The Kier molecular flexibility index (Phi) is 5.19. The van der Waals surface area contributed by atoms with E-state index in [1.165, 1.54) is 7.11 Å². The molecule has 0 bridgehead atoms. The third kappa shape index (κ3) is 4.26. The fourth-order valence-corrected chi connectivity index (χ4v) is 1.48. The Morgan fingerprint density at radius 2 is 2.07 bits per heavy atom. The van der Waals surface area contributed by atoms with E-state index in [1.807, 2.05) is 0 Å². The zero-order chi connectivity index (χ0) is 11.3. The van der Waals surface area contributed by atoms with Crippen molar-refractivity contribution in [2.75, 3.05) is 20.3 Å². The van der Waals surface area contributed by atoms with Crippen LogP contribution in [0.2, 0.25) is 10.0 Å². The maximum Gasteiger partial charge on any atom is 0.138 e. The van der Waals surface area contributed by atoms with Crippen LogP contribution in [-0.4, -0.2) is 31.5 Å². The molecule has 1 N–H and O–H groups in total. The highest BCUT2D eigenvalue weighted by Gasteiger charge is 2.07. The summed E-state index contributed by atoms with van der Waals surface area (Å²) in [7, 11) is 1.51. The zero-order valence-electron chi connectivity index (χ0n) is 8.24. The summed E-state index contributed by atoms with van der Waals surface area (Å²) in [6, 6.07) is 4.91. The van der Waals surface area contributed by atoms with E-state index in [4.69, 9.17) is 32.7 Å². The molecule has 0 aliphatic heterocycles. The molecule has 1 aromatic rings. The Labute approximate surface area is 98.5 Å². The molecule has 0 aliphatic carbocycles. The molecule has 0 radical (unpaired) electrons. The van der Waals surface area contributed by atoms with Crippen molar-refractivity contribution < 1.29 is 14.6 Å². The number of rotatable bonds is 5. The van der Waals surface area contributed by atoms with Crippen molar-refractivity contribution in [3.8, 4) is 5.75 Å². The van der Waals surface area contributed by atoms with Crippen LogP contribution in [0.3, 0.4) is 0 Å². The number of methoxy groups -OCH3 is 1. The minimum atomic E-state index is -0.665. The zero-order valence-corrected chi connectivity index (χ0v) is 9.76. The van der Waals surface area contributed by atoms with E-state index in [0.29, 0.717) is 15.8 Å². The van der Waals surface area contributed by atoms with Crippen LogP contribution in [0.5, 0.6) is 5.75 Å². The van der Waals surface area contributed by atoms with Crippen LogP contribution in [0.4, 0.5) is 0 Å². The first kappa shape index (κ1) is 12.6. The van der Waals surface area contributed by atoms with Crippen molar-refractivity contribution in [1.29, 1.82) is 0 Å². The maximum absolute atomic E-state index is 9.34. The number of halogens is 2. The lowest BCUT2D eigenvalue weighted by Crippen LogP contribution is -2.22. The number of hydrogen-bond donors (Lipinski definition) is 1. The van der Waals surface area contributed by atoms with Crippen molar-refractivity contribution in [3.05, 3.63) is 28.2 Å². The summed E-state index contributed by atoms with van der Waals surface area (Å²) < 4.78 is 10.0. The van der Waals surface area contributed by atoms with Gasteiger partial charge in [0.1, 0.15) is 18.5 Å². The first-order chi connectivity index (χ1) is 7.13. The van der Waals surface area contributed by atoms with Crippen LogP contribution in [0.25, 0.3) is 0 Å². The molecular weight excluding hydrogens is 239 g/mol. The van der Waals surface area contributed by atoms with E-state index in [-0.39, 0.29) is 13.2 Å². The Hall–Kier alpha value is -0.480. The van der Waals surface area contributed by atoms with Gasteiger partial charge in [0.25, 0.3) is 0 Å². The van der Waals surface area contributed by atoms with Gasteiger partial charge in [-0.3, -0.25) is 0 Å². The molecule has 1 aromatic carbocycles. The molecule has 1 unspecified atom stereocenters. The summed E-state index contributed by atoms with van der Waals surface area (Å²) in [5.74, 6) is 0.496. The molecule has 15 heavy (non-hydrogen) atoms. The fraction of sp³-hybridized carbons (Fsp3) is 0.400. The minimum absolute atomic E-state index is 0.134. The number of aliphatic hydroxyl groups excluding tert-OH is 1. The third-order valence-electron chi connectivity index (χ3n) is 1.68. The van der Waals surface area contributed by atoms with Gasteiger partial charge in [-0.25, -0.2) is 0 Å². The predicted octanol–water partition coefficient (Wildman–Crippen LogP) is 2.38. The van der Waals surface area contributed by atoms with Crippen molar-refractivity contribution in [2.45, 2.75) is 6.10 Å². The maximum atomic E-state index is 9.34. The summed E-state index contributed by atoms with van der Waals surface area (Å²) in [6.07, 6.45) is -0.665. The van der Waals surface area contributed by atoms with E-state index in [9.17, 15) is 5.11 Å². The van der Waals surface area contributed by atoms with Gasteiger partial charge in [-0.05, 0) is 18.2 Å².